The average Bonchev–Trinajstić information content (AvgIpc) is 2.88. The summed E-state index contributed by atoms with van der Waals surface area (Å²) in [7, 11) is 0. The van der Waals surface area contributed by atoms with Gasteiger partial charge in [0.2, 0.25) is 0 Å². The number of amides is 1. The maximum atomic E-state index is 12.7. The summed E-state index contributed by atoms with van der Waals surface area (Å²) >= 11 is 0. The van der Waals surface area contributed by atoms with Crippen molar-refractivity contribution in [2.75, 3.05) is 13.1 Å². The maximum Gasteiger partial charge on any atom is 0.326 e. The number of hydrogen-bond acceptors (Lipinski definition) is 4. The number of aliphatic carboxylic acids is 1. The fourth-order valence-corrected chi connectivity index (χ4v) is 3.16. The molecule has 3 N–H and O–H groups in total. The quantitative estimate of drug-likeness (QED) is 0.713. The van der Waals surface area contributed by atoms with E-state index in [1.165, 1.54) is 4.90 Å². The summed E-state index contributed by atoms with van der Waals surface area (Å²) in [5, 5.41) is 22.2. The molecule has 1 fully saturated rings. The van der Waals surface area contributed by atoms with Crippen LogP contribution in [0, 0.1) is 0 Å². The molecule has 2 heterocycles. The SMILES string of the molecule is O=C(O)[C@@H]1C[C@@H](O)CN1C(=O)c1cccc2c1CCNC2. The zero-order valence-electron chi connectivity index (χ0n) is 11.6. The van der Waals surface area contributed by atoms with E-state index in [9.17, 15) is 19.8 Å². The third-order valence-electron chi connectivity index (χ3n) is 4.20. The molecule has 0 aromatic heterocycles. The molecule has 1 amide bonds. The van der Waals surface area contributed by atoms with Gasteiger partial charge in [0.15, 0.2) is 0 Å². The van der Waals surface area contributed by atoms with Crippen LogP contribution in [0.2, 0.25) is 0 Å². The van der Waals surface area contributed by atoms with Crippen LogP contribution in [0.3, 0.4) is 0 Å². The molecule has 6 nitrogen and oxygen atoms in total. The first-order valence-corrected chi connectivity index (χ1v) is 7.11. The summed E-state index contributed by atoms with van der Waals surface area (Å²) in [6, 6.07) is 4.61. The predicted molar refractivity (Wildman–Crippen MR) is 74.9 cm³/mol. The Labute approximate surface area is 122 Å². The van der Waals surface area contributed by atoms with Crippen LogP contribution in [-0.2, 0) is 17.8 Å². The van der Waals surface area contributed by atoms with Gasteiger partial charge >= 0.3 is 5.97 Å². The van der Waals surface area contributed by atoms with Crippen molar-refractivity contribution in [3.05, 3.63) is 34.9 Å². The molecule has 2 aliphatic heterocycles. The molecule has 0 radical (unpaired) electrons. The number of carbonyl (C=O) groups is 2. The number of likely N-dealkylation sites (tertiary alicyclic amines) is 1. The number of aliphatic hydroxyl groups excluding tert-OH is 1. The van der Waals surface area contributed by atoms with E-state index in [4.69, 9.17) is 0 Å². The Morgan fingerprint density at radius 3 is 2.90 bits per heavy atom. The summed E-state index contributed by atoms with van der Waals surface area (Å²) in [4.78, 5) is 25.3. The Morgan fingerprint density at radius 1 is 1.33 bits per heavy atom. The number of hydrogen-bond donors (Lipinski definition) is 3. The highest BCUT2D eigenvalue weighted by Gasteiger charge is 2.39. The van der Waals surface area contributed by atoms with Crippen LogP contribution in [0.15, 0.2) is 18.2 Å². The summed E-state index contributed by atoms with van der Waals surface area (Å²) in [5.74, 6) is -1.36. The van der Waals surface area contributed by atoms with Gasteiger partial charge in [-0.3, -0.25) is 4.79 Å². The standard InChI is InChI=1S/C15H18N2O4/c18-10-6-13(15(20)21)17(8-10)14(19)12-3-1-2-9-7-16-5-4-11(9)12/h1-3,10,13,16,18H,4-8H2,(H,20,21)/t10-,13+/m1/s1. The second-order valence-corrected chi connectivity index (χ2v) is 5.57. The zero-order chi connectivity index (χ0) is 15.0. The molecular weight excluding hydrogens is 272 g/mol. The second kappa shape index (κ2) is 5.46. The van der Waals surface area contributed by atoms with Crippen molar-refractivity contribution >= 4 is 11.9 Å². The largest absolute Gasteiger partial charge is 0.480 e. The molecule has 21 heavy (non-hydrogen) atoms. The lowest BCUT2D eigenvalue weighted by Crippen LogP contribution is -2.41. The molecule has 6 heteroatoms. The lowest BCUT2D eigenvalue weighted by molar-refractivity contribution is -0.141. The fraction of sp³-hybridized carbons (Fsp3) is 0.467. The molecule has 1 aromatic carbocycles. The Kier molecular flexibility index (Phi) is 3.65. The van der Waals surface area contributed by atoms with Crippen molar-refractivity contribution in [2.24, 2.45) is 0 Å². The normalized spacial score (nSPS) is 24.7. The van der Waals surface area contributed by atoms with Gasteiger partial charge in [0.05, 0.1) is 6.10 Å². The van der Waals surface area contributed by atoms with Gasteiger partial charge in [0.1, 0.15) is 6.04 Å². The van der Waals surface area contributed by atoms with E-state index < -0.39 is 18.1 Å². The minimum Gasteiger partial charge on any atom is -0.480 e. The van der Waals surface area contributed by atoms with Gasteiger partial charge in [-0.1, -0.05) is 12.1 Å². The molecule has 2 atom stereocenters. The molecule has 112 valence electrons. The average molecular weight is 290 g/mol. The first kappa shape index (κ1) is 14.0. The van der Waals surface area contributed by atoms with E-state index in [0.29, 0.717) is 5.56 Å². The van der Waals surface area contributed by atoms with E-state index in [1.807, 2.05) is 12.1 Å². The minimum absolute atomic E-state index is 0.0811. The number of carbonyl (C=O) groups excluding carboxylic acids is 1. The van der Waals surface area contributed by atoms with Gasteiger partial charge in [-0.15, -0.1) is 0 Å². The van der Waals surface area contributed by atoms with Crippen molar-refractivity contribution in [1.29, 1.82) is 0 Å². The smallest absolute Gasteiger partial charge is 0.326 e. The molecule has 0 spiro atoms. The van der Waals surface area contributed by atoms with Crippen molar-refractivity contribution in [1.82, 2.24) is 10.2 Å². The first-order chi connectivity index (χ1) is 10.1. The number of benzene rings is 1. The topological polar surface area (TPSA) is 89.9 Å². The summed E-state index contributed by atoms with van der Waals surface area (Å²) in [6.07, 6.45) is 0.0829. The van der Waals surface area contributed by atoms with Crippen molar-refractivity contribution < 1.29 is 19.8 Å². The number of aliphatic hydroxyl groups is 1. The Hall–Kier alpha value is -1.92. The van der Waals surface area contributed by atoms with Gasteiger partial charge in [0, 0.05) is 25.1 Å². The zero-order valence-corrected chi connectivity index (χ0v) is 11.6. The van der Waals surface area contributed by atoms with Gasteiger partial charge in [-0.2, -0.15) is 0 Å². The van der Waals surface area contributed by atoms with Crippen LogP contribution >= 0.6 is 0 Å². The third-order valence-corrected chi connectivity index (χ3v) is 4.20. The van der Waals surface area contributed by atoms with Gasteiger partial charge in [-0.05, 0) is 30.2 Å². The second-order valence-electron chi connectivity index (χ2n) is 5.57. The van der Waals surface area contributed by atoms with Crippen LogP contribution < -0.4 is 5.32 Å². The van der Waals surface area contributed by atoms with E-state index in [0.717, 1.165) is 30.6 Å². The fourth-order valence-electron chi connectivity index (χ4n) is 3.16. The van der Waals surface area contributed by atoms with Crippen LogP contribution in [-0.4, -0.2) is 52.2 Å². The minimum atomic E-state index is -1.06. The molecule has 2 aliphatic rings. The van der Waals surface area contributed by atoms with Gasteiger partial charge < -0.3 is 20.4 Å². The van der Waals surface area contributed by atoms with E-state index in [2.05, 4.69) is 5.32 Å². The Morgan fingerprint density at radius 2 is 2.14 bits per heavy atom. The molecule has 0 saturated carbocycles. The van der Waals surface area contributed by atoms with Crippen LogP contribution in [0.5, 0.6) is 0 Å². The molecule has 1 aromatic rings. The number of carboxylic acids is 1. The summed E-state index contributed by atoms with van der Waals surface area (Å²) < 4.78 is 0. The Bertz CT molecular complexity index is 587. The number of rotatable bonds is 2. The van der Waals surface area contributed by atoms with E-state index in [-0.39, 0.29) is 18.9 Å². The maximum absolute atomic E-state index is 12.7. The van der Waals surface area contributed by atoms with Crippen molar-refractivity contribution in [2.45, 2.75) is 31.5 Å². The highest BCUT2D eigenvalue weighted by atomic mass is 16.4. The number of carboxylic acid groups (broad SMARTS) is 1. The van der Waals surface area contributed by atoms with Crippen molar-refractivity contribution in [3.8, 4) is 0 Å². The molecular formula is C15H18N2O4. The number of nitrogens with one attached hydrogen (secondary N) is 1. The lowest BCUT2D eigenvalue weighted by atomic mass is 9.94. The van der Waals surface area contributed by atoms with Crippen LogP contribution in [0.25, 0.3) is 0 Å². The Balaban J connectivity index is 1.93. The summed E-state index contributed by atoms with van der Waals surface area (Å²) in [5.41, 5.74) is 2.64. The number of nitrogens with zero attached hydrogens (tertiary/aromatic N) is 1. The number of β-amino-alcohol motifs (C(OH)–C–C–N with tert-alkyl or cyclic N) is 1. The summed E-state index contributed by atoms with van der Waals surface area (Å²) in [6.45, 7) is 1.61. The third kappa shape index (κ3) is 2.52. The molecule has 0 bridgehead atoms. The lowest BCUT2D eigenvalue weighted by Gasteiger charge is -2.25. The predicted octanol–water partition coefficient (Wildman–Crippen LogP) is -0.00770. The molecule has 0 aliphatic carbocycles. The molecule has 0 unspecified atom stereocenters. The molecule has 1 saturated heterocycles. The highest BCUT2D eigenvalue weighted by molar-refractivity contribution is 5.98. The van der Waals surface area contributed by atoms with E-state index in [1.54, 1.807) is 6.07 Å². The monoisotopic (exact) mass is 290 g/mol. The van der Waals surface area contributed by atoms with Crippen LogP contribution in [0.4, 0.5) is 0 Å². The first-order valence-electron chi connectivity index (χ1n) is 7.11. The number of fused-ring (bicyclic) bond motifs is 1. The molecule has 3 rings (SSSR count). The highest BCUT2D eigenvalue weighted by Crippen LogP contribution is 2.25. The van der Waals surface area contributed by atoms with Gasteiger partial charge in [-0.25, -0.2) is 4.79 Å². The van der Waals surface area contributed by atoms with Crippen molar-refractivity contribution in [3.63, 3.8) is 0 Å². The van der Waals surface area contributed by atoms with Crippen LogP contribution in [0.1, 0.15) is 27.9 Å². The van der Waals surface area contributed by atoms with E-state index >= 15 is 0 Å². The van der Waals surface area contributed by atoms with Gasteiger partial charge in [0.25, 0.3) is 5.91 Å².